The number of rotatable bonds is 7. The summed E-state index contributed by atoms with van der Waals surface area (Å²) in [6.07, 6.45) is -12.1. The molecule has 160 valence electrons. The quantitative estimate of drug-likeness (QED) is 0.205. The minimum atomic E-state index is -2.13. The molecule has 2 aliphatic rings. The topological polar surface area (TPSA) is 179 Å². The van der Waals surface area contributed by atoms with Crippen molar-refractivity contribution in [1.29, 1.82) is 0 Å². The predicted molar refractivity (Wildman–Crippen MR) is 90.9 cm³/mol. The Labute approximate surface area is 157 Å². The highest BCUT2D eigenvalue weighted by atomic mass is 28.4. The number of aliphatic hydroxyl groups excluding tert-OH is 7. The van der Waals surface area contributed by atoms with Gasteiger partial charge in [-0.3, -0.25) is 0 Å². The fourth-order valence-electron chi connectivity index (χ4n) is 2.93. The Hall–Kier alpha value is -0.223. The van der Waals surface area contributed by atoms with Crippen molar-refractivity contribution in [2.45, 2.75) is 74.4 Å². The molecule has 11 nitrogen and oxygen atoms in total. The third-order valence-corrected chi connectivity index (χ3v) is 5.57. The van der Waals surface area contributed by atoms with Crippen molar-refractivity contribution in [3.8, 4) is 0 Å². The van der Waals surface area contributed by atoms with Gasteiger partial charge < -0.3 is 54.4 Å². The van der Waals surface area contributed by atoms with Crippen LogP contribution in [0.5, 0.6) is 0 Å². The molecule has 27 heavy (non-hydrogen) atoms. The van der Waals surface area contributed by atoms with E-state index in [-0.39, 0.29) is 6.61 Å². The van der Waals surface area contributed by atoms with E-state index in [1.165, 1.54) is 0 Å². The van der Waals surface area contributed by atoms with Crippen molar-refractivity contribution in [2.75, 3.05) is 19.8 Å². The maximum Gasteiger partial charge on any atom is 0.223 e. The van der Waals surface area contributed by atoms with Gasteiger partial charge in [-0.05, 0) is 19.6 Å². The van der Waals surface area contributed by atoms with Gasteiger partial charge in [-0.15, -0.1) is 0 Å². The minimum Gasteiger partial charge on any atom is -0.412 e. The molecule has 0 spiro atoms. The SMILES string of the molecule is C[Si](C)(C)OC[C@@]1(O[C@H]2O[C@H](CO)[C@@H](O)[C@H](O)[C@H]2O)O[C@H](CO)[C@@H](O)[C@@H]1O. The normalized spacial score (nSPS) is 46.0. The summed E-state index contributed by atoms with van der Waals surface area (Å²) in [6.45, 7) is 4.01. The molecular formula is C15H30O11Si. The van der Waals surface area contributed by atoms with Crippen LogP contribution in [-0.4, -0.2) is 119 Å². The van der Waals surface area contributed by atoms with Gasteiger partial charge in [0.15, 0.2) is 14.6 Å². The highest BCUT2D eigenvalue weighted by Gasteiger charge is 2.59. The molecule has 2 rings (SSSR count). The van der Waals surface area contributed by atoms with Gasteiger partial charge in [0, 0.05) is 0 Å². The van der Waals surface area contributed by atoms with Crippen LogP contribution in [0, 0.1) is 0 Å². The van der Waals surface area contributed by atoms with E-state index in [1.54, 1.807) is 0 Å². The van der Waals surface area contributed by atoms with Crippen LogP contribution >= 0.6 is 0 Å². The summed E-state index contributed by atoms with van der Waals surface area (Å²) in [5.41, 5.74) is 0. The molecule has 7 N–H and O–H groups in total. The average molecular weight is 414 g/mol. The van der Waals surface area contributed by atoms with E-state index in [1.807, 2.05) is 19.6 Å². The van der Waals surface area contributed by atoms with E-state index in [9.17, 15) is 35.7 Å². The molecule has 2 aliphatic heterocycles. The van der Waals surface area contributed by atoms with Crippen LogP contribution in [0.3, 0.4) is 0 Å². The van der Waals surface area contributed by atoms with Gasteiger partial charge in [0.1, 0.15) is 42.7 Å². The Morgan fingerprint density at radius 2 is 1.44 bits per heavy atom. The molecule has 0 aromatic carbocycles. The second-order valence-electron chi connectivity index (χ2n) is 7.80. The molecule has 0 aromatic heterocycles. The van der Waals surface area contributed by atoms with Crippen LogP contribution in [-0.2, 0) is 18.6 Å². The molecule has 0 aromatic rings. The van der Waals surface area contributed by atoms with E-state index in [0.29, 0.717) is 0 Å². The molecule has 12 heteroatoms. The van der Waals surface area contributed by atoms with Crippen molar-refractivity contribution in [2.24, 2.45) is 0 Å². The van der Waals surface area contributed by atoms with E-state index in [4.69, 9.17) is 18.6 Å². The third-order valence-electron chi connectivity index (χ3n) is 4.56. The van der Waals surface area contributed by atoms with Crippen LogP contribution in [0.25, 0.3) is 0 Å². The monoisotopic (exact) mass is 414 g/mol. The van der Waals surface area contributed by atoms with Crippen molar-refractivity contribution >= 4 is 8.32 Å². The Morgan fingerprint density at radius 1 is 0.852 bits per heavy atom. The summed E-state index contributed by atoms with van der Waals surface area (Å²) in [5, 5.41) is 69.2. The maximum absolute atomic E-state index is 10.5. The maximum atomic E-state index is 10.5. The van der Waals surface area contributed by atoms with Gasteiger partial charge in [0.2, 0.25) is 5.79 Å². The Kier molecular flexibility index (Phi) is 7.39. The molecular weight excluding hydrogens is 384 g/mol. The second-order valence-corrected chi connectivity index (χ2v) is 12.3. The molecule has 9 atom stereocenters. The minimum absolute atomic E-state index is 0.341. The standard InChI is InChI=1S/C15H30O11Si/c1-27(2,3)23-6-15(13(22)10(19)8(5-17)25-15)26-14-12(21)11(20)9(18)7(4-16)24-14/h7-14,16-22H,4-6H2,1-3H3/t7-,8-,9-,10-,11+,12-,13+,14-,15+/m1/s1. The smallest absolute Gasteiger partial charge is 0.223 e. The van der Waals surface area contributed by atoms with Crippen LogP contribution in [0.15, 0.2) is 0 Å². The first-order valence-corrected chi connectivity index (χ1v) is 12.1. The lowest BCUT2D eigenvalue weighted by Gasteiger charge is -2.44. The van der Waals surface area contributed by atoms with Crippen molar-refractivity contribution < 1.29 is 54.4 Å². The highest BCUT2D eigenvalue weighted by Crippen LogP contribution is 2.37. The Bertz CT molecular complexity index is 487. The number of aliphatic hydroxyl groups is 7. The van der Waals surface area contributed by atoms with Crippen LogP contribution < -0.4 is 0 Å². The molecule has 0 bridgehead atoms. The van der Waals surface area contributed by atoms with E-state index >= 15 is 0 Å². The third kappa shape index (κ3) is 4.86. The molecule has 2 saturated heterocycles. The van der Waals surface area contributed by atoms with Gasteiger partial charge >= 0.3 is 0 Å². The van der Waals surface area contributed by atoms with Crippen molar-refractivity contribution in [3.05, 3.63) is 0 Å². The zero-order valence-corrected chi connectivity index (χ0v) is 16.5. The van der Waals surface area contributed by atoms with Gasteiger partial charge in [0.05, 0.1) is 19.8 Å². The lowest BCUT2D eigenvalue weighted by atomic mass is 9.99. The Balaban J connectivity index is 2.26. The summed E-state index contributed by atoms with van der Waals surface area (Å²) in [7, 11) is -2.13. The first-order valence-electron chi connectivity index (χ1n) is 8.73. The summed E-state index contributed by atoms with van der Waals surface area (Å²) in [6, 6.07) is 0. The first kappa shape index (κ1) is 23.1. The number of ether oxygens (including phenoxy) is 3. The number of hydrogen-bond donors (Lipinski definition) is 7. The molecule has 2 fully saturated rings. The molecule has 0 aliphatic carbocycles. The lowest BCUT2D eigenvalue weighted by Crippen LogP contribution is -2.63. The van der Waals surface area contributed by atoms with Gasteiger partial charge in [-0.1, -0.05) is 0 Å². The molecule has 0 saturated carbocycles. The lowest BCUT2D eigenvalue weighted by molar-refractivity contribution is -0.382. The van der Waals surface area contributed by atoms with Gasteiger partial charge in [0.25, 0.3) is 0 Å². The van der Waals surface area contributed by atoms with E-state index in [2.05, 4.69) is 0 Å². The zero-order valence-electron chi connectivity index (χ0n) is 15.5. The van der Waals surface area contributed by atoms with Crippen molar-refractivity contribution in [3.63, 3.8) is 0 Å². The predicted octanol–water partition coefficient (Wildman–Crippen LogP) is -3.54. The largest absolute Gasteiger partial charge is 0.412 e. The fraction of sp³-hybridized carbons (Fsp3) is 1.00. The molecule has 2 heterocycles. The van der Waals surface area contributed by atoms with Crippen LogP contribution in [0.2, 0.25) is 19.6 Å². The average Bonchev–Trinajstić information content (AvgIpc) is 2.85. The van der Waals surface area contributed by atoms with Gasteiger partial charge in [-0.25, -0.2) is 0 Å². The zero-order chi connectivity index (χ0) is 20.6. The van der Waals surface area contributed by atoms with Crippen molar-refractivity contribution in [1.82, 2.24) is 0 Å². The number of hydrogen-bond acceptors (Lipinski definition) is 11. The summed E-state index contributed by atoms with van der Waals surface area (Å²) in [5.74, 6) is -2.00. The molecule has 0 unspecified atom stereocenters. The second kappa shape index (κ2) is 8.65. The summed E-state index contributed by atoms with van der Waals surface area (Å²) >= 11 is 0. The highest BCUT2D eigenvalue weighted by molar-refractivity contribution is 6.69. The van der Waals surface area contributed by atoms with E-state index < -0.39 is 76.3 Å². The van der Waals surface area contributed by atoms with Crippen LogP contribution in [0.4, 0.5) is 0 Å². The summed E-state index contributed by atoms with van der Waals surface area (Å²) in [4.78, 5) is 0. The molecule has 0 amide bonds. The summed E-state index contributed by atoms with van der Waals surface area (Å²) < 4.78 is 22.2. The molecule has 0 radical (unpaired) electrons. The van der Waals surface area contributed by atoms with Gasteiger partial charge in [-0.2, -0.15) is 0 Å². The fourth-order valence-corrected chi connectivity index (χ4v) is 3.57. The Morgan fingerprint density at radius 3 is 1.93 bits per heavy atom. The van der Waals surface area contributed by atoms with E-state index in [0.717, 1.165) is 0 Å². The first-order chi connectivity index (χ1) is 12.5. The van der Waals surface area contributed by atoms with Crippen LogP contribution in [0.1, 0.15) is 0 Å².